The molecule has 3 N–H and O–H groups in total. The zero-order chi connectivity index (χ0) is 22.9. The predicted octanol–water partition coefficient (Wildman–Crippen LogP) is -0.130. The van der Waals surface area contributed by atoms with Gasteiger partial charge in [-0.2, -0.15) is 0 Å². The van der Waals surface area contributed by atoms with Crippen molar-refractivity contribution in [3.63, 3.8) is 0 Å². The minimum absolute atomic E-state index is 0. The molecule has 1 atom stereocenters. The standard InChI is InChI=1S/C22H25N3O7.ClH/c23-8-10-31-12-14-32-13-11-30-9-2-4-15-3-1-5-16-19(15)22(29)25(21(16)28)17-6-7-18(26)24-20(17)27;/h1,3,5,17H,6-14,23H2,(H,24,26,27);1H. The monoisotopic (exact) mass is 479 g/mol. The number of piperidine rings is 1. The van der Waals surface area contributed by atoms with Crippen LogP contribution in [-0.2, 0) is 23.8 Å². The summed E-state index contributed by atoms with van der Waals surface area (Å²) in [6.45, 7) is 2.75. The van der Waals surface area contributed by atoms with Crippen molar-refractivity contribution < 1.29 is 33.4 Å². The summed E-state index contributed by atoms with van der Waals surface area (Å²) >= 11 is 0. The van der Waals surface area contributed by atoms with Gasteiger partial charge < -0.3 is 19.9 Å². The second-order valence-electron chi connectivity index (χ2n) is 7.04. The van der Waals surface area contributed by atoms with Crippen molar-refractivity contribution in [2.45, 2.75) is 18.9 Å². The molecule has 2 aliphatic heterocycles. The first-order valence-electron chi connectivity index (χ1n) is 10.3. The van der Waals surface area contributed by atoms with Gasteiger partial charge >= 0.3 is 0 Å². The molecule has 2 heterocycles. The Bertz CT molecular complexity index is 957. The number of hydrogen-bond donors (Lipinski definition) is 2. The number of carbonyl (C=O) groups excluding carboxylic acids is 4. The molecule has 0 bridgehead atoms. The van der Waals surface area contributed by atoms with Gasteiger partial charge in [-0.3, -0.25) is 29.4 Å². The Morgan fingerprint density at radius 1 is 1.00 bits per heavy atom. The average molecular weight is 480 g/mol. The molecular weight excluding hydrogens is 454 g/mol. The van der Waals surface area contributed by atoms with E-state index in [1.807, 2.05) is 0 Å². The van der Waals surface area contributed by atoms with Gasteiger partial charge in [-0.15, -0.1) is 12.4 Å². The zero-order valence-corrected chi connectivity index (χ0v) is 18.8. The maximum Gasteiger partial charge on any atom is 0.263 e. The number of rotatable bonds is 10. The van der Waals surface area contributed by atoms with E-state index in [2.05, 4.69) is 17.2 Å². The second-order valence-corrected chi connectivity index (χ2v) is 7.04. The number of nitrogens with zero attached hydrogens (tertiary/aromatic N) is 1. The van der Waals surface area contributed by atoms with Crippen LogP contribution in [0.3, 0.4) is 0 Å². The molecule has 1 aromatic rings. The summed E-state index contributed by atoms with van der Waals surface area (Å²) in [5, 5.41) is 2.17. The summed E-state index contributed by atoms with van der Waals surface area (Å²) in [5.74, 6) is 3.47. The number of nitrogens with two attached hydrogens (primary N) is 1. The molecule has 2 aliphatic rings. The highest BCUT2D eigenvalue weighted by Crippen LogP contribution is 2.29. The van der Waals surface area contributed by atoms with Crippen LogP contribution in [0.2, 0.25) is 0 Å². The Morgan fingerprint density at radius 2 is 1.70 bits per heavy atom. The number of amides is 4. The van der Waals surface area contributed by atoms with Crippen LogP contribution >= 0.6 is 12.4 Å². The van der Waals surface area contributed by atoms with Crippen LogP contribution in [0.1, 0.15) is 39.1 Å². The number of imide groups is 2. The first-order valence-corrected chi connectivity index (χ1v) is 10.3. The SMILES string of the molecule is Cl.NCCOCCOCCOCC#Cc1cccc2c1C(=O)N(C1CCC(=O)NC1=O)C2=O. The van der Waals surface area contributed by atoms with Crippen molar-refractivity contribution in [3.8, 4) is 11.8 Å². The molecule has 1 unspecified atom stereocenters. The first-order chi connectivity index (χ1) is 15.5. The Morgan fingerprint density at radius 3 is 2.39 bits per heavy atom. The summed E-state index contributed by atoms with van der Waals surface area (Å²) < 4.78 is 15.9. The Hall–Kier alpha value is -2.81. The largest absolute Gasteiger partial charge is 0.378 e. The second kappa shape index (κ2) is 13.0. The Balaban J connectivity index is 0.00000385. The maximum absolute atomic E-state index is 13.0. The van der Waals surface area contributed by atoms with E-state index in [-0.39, 0.29) is 43.0 Å². The Kier molecular flexibility index (Phi) is 10.4. The van der Waals surface area contributed by atoms with E-state index in [1.165, 1.54) is 6.07 Å². The lowest BCUT2D eigenvalue weighted by molar-refractivity contribution is -0.136. The van der Waals surface area contributed by atoms with Gasteiger partial charge in [-0.1, -0.05) is 17.9 Å². The van der Waals surface area contributed by atoms with Crippen LogP contribution in [0.4, 0.5) is 0 Å². The molecule has 3 rings (SSSR count). The van der Waals surface area contributed by atoms with E-state index < -0.39 is 29.7 Å². The maximum atomic E-state index is 13.0. The van der Waals surface area contributed by atoms with E-state index in [0.717, 1.165) is 4.90 Å². The van der Waals surface area contributed by atoms with Crippen molar-refractivity contribution >= 4 is 36.0 Å². The van der Waals surface area contributed by atoms with Gasteiger partial charge in [0.25, 0.3) is 11.8 Å². The summed E-state index contributed by atoms with van der Waals surface area (Å²) in [6, 6.07) is 3.78. The van der Waals surface area contributed by atoms with Crippen LogP contribution in [0.25, 0.3) is 0 Å². The summed E-state index contributed by atoms with van der Waals surface area (Å²) in [4.78, 5) is 50.2. The average Bonchev–Trinajstić information content (AvgIpc) is 3.03. The number of benzene rings is 1. The third-order valence-electron chi connectivity index (χ3n) is 4.87. The highest BCUT2D eigenvalue weighted by Gasteiger charge is 2.45. The van der Waals surface area contributed by atoms with E-state index in [0.29, 0.717) is 45.1 Å². The van der Waals surface area contributed by atoms with Gasteiger partial charge in [-0.25, -0.2) is 0 Å². The topological polar surface area (TPSA) is 137 Å². The van der Waals surface area contributed by atoms with E-state index in [4.69, 9.17) is 19.9 Å². The lowest BCUT2D eigenvalue weighted by atomic mass is 10.0. The fourth-order valence-corrected chi connectivity index (χ4v) is 3.40. The number of nitrogens with one attached hydrogen (secondary N) is 1. The Labute approximate surface area is 197 Å². The zero-order valence-electron chi connectivity index (χ0n) is 18.0. The number of hydrogen-bond acceptors (Lipinski definition) is 8. The highest BCUT2D eigenvalue weighted by atomic mass is 35.5. The molecular formula is C22H26ClN3O7. The minimum Gasteiger partial charge on any atom is -0.378 e. The van der Waals surface area contributed by atoms with Crippen molar-refractivity contribution in [1.82, 2.24) is 10.2 Å². The molecule has 33 heavy (non-hydrogen) atoms. The van der Waals surface area contributed by atoms with Crippen molar-refractivity contribution in [2.75, 3.05) is 46.2 Å². The van der Waals surface area contributed by atoms with Gasteiger partial charge in [0.1, 0.15) is 12.6 Å². The van der Waals surface area contributed by atoms with E-state index in [9.17, 15) is 19.2 Å². The molecule has 10 nitrogen and oxygen atoms in total. The van der Waals surface area contributed by atoms with Crippen molar-refractivity contribution in [3.05, 3.63) is 34.9 Å². The number of carbonyl (C=O) groups is 4. The van der Waals surface area contributed by atoms with E-state index in [1.54, 1.807) is 12.1 Å². The van der Waals surface area contributed by atoms with Crippen LogP contribution in [0.5, 0.6) is 0 Å². The van der Waals surface area contributed by atoms with Gasteiger partial charge in [0.15, 0.2) is 0 Å². The molecule has 0 aliphatic carbocycles. The number of halogens is 1. The summed E-state index contributed by atoms with van der Waals surface area (Å²) in [5.41, 5.74) is 6.05. The van der Waals surface area contributed by atoms with Crippen LogP contribution in [-0.4, -0.2) is 80.8 Å². The molecule has 11 heteroatoms. The molecule has 178 valence electrons. The molecule has 4 amide bonds. The smallest absolute Gasteiger partial charge is 0.263 e. The molecule has 0 radical (unpaired) electrons. The first kappa shape index (κ1) is 26.4. The van der Waals surface area contributed by atoms with Crippen LogP contribution in [0.15, 0.2) is 18.2 Å². The molecule has 0 aromatic heterocycles. The normalized spacial score (nSPS) is 17.2. The molecule has 1 fully saturated rings. The lowest BCUT2D eigenvalue weighted by Crippen LogP contribution is -2.54. The van der Waals surface area contributed by atoms with Gasteiger partial charge in [0, 0.05) is 18.5 Å². The number of ether oxygens (including phenoxy) is 3. The molecule has 1 saturated heterocycles. The van der Waals surface area contributed by atoms with Gasteiger partial charge in [0.2, 0.25) is 11.8 Å². The van der Waals surface area contributed by atoms with Gasteiger partial charge in [-0.05, 0) is 18.6 Å². The number of fused-ring (bicyclic) bond motifs is 1. The predicted molar refractivity (Wildman–Crippen MR) is 119 cm³/mol. The minimum atomic E-state index is -1.01. The fourth-order valence-electron chi connectivity index (χ4n) is 3.40. The lowest BCUT2D eigenvalue weighted by Gasteiger charge is -2.27. The molecule has 1 aromatic carbocycles. The van der Waals surface area contributed by atoms with Crippen molar-refractivity contribution in [1.29, 1.82) is 0 Å². The quantitative estimate of drug-likeness (QED) is 0.269. The molecule has 0 saturated carbocycles. The highest BCUT2D eigenvalue weighted by molar-refractivity contribution is 6.24. The molecule has 0 spiro atoms. The van der Waals surface area contributed by atoms with Crippen LogP contribution in [0, 0.1) is 11.8 Å². The van der Waals surface area contributed by atoms with E-state index >= 15 is 0 Å². The third kappa shape index (κ3) is 6.60. The summed E-state index contributed by atoms with van der Waals surface area (Å²) in [6.07, 6.45) is 0.171. The van der Waals surface area contributed by atoms with Crippen LogP contribution < -0.4 is 11.1 Å². The van der Waals surface area contributed by atoms with Gasteiger partial charge in [0.05, 0.1) is 44.2 Å². The fraction of sp³-hybridized carbons (Fsp3) is 0.455. The summed E-state index contributed by atoms with van der Waals surface area (Å²) in [7, 11) is 0. The third-order valence-corrected chi connectivity index (χ3v) is 4.87. The van der Waals surface area contributed by atoms with Crippen molar-refractivity contribution in [2.24, 2.45) is 5.73 Å².